The minimum absolute atomic E-state index is 0.0446. The van der Waals surface area contributed by atoms with Crippen LogP contribution in [0.1, 0.15) is 30.9 Å². The van der Waals surface area contributed by atoms with Crippen molar-refractivity contribution in [2.45, 2.75) is 26.7 Å². The molecule has 0 bridgehead atoms. The second-order valence-electron chi connectivity index (χ2n) is 6.79. The van der Waals surface area contributed by atoms with E-state index in [2.05, 4.69) is 15.8 Å². The van der Waals surface area contributed by atoms with Crippen molar-refractivity contribution in [2.24, 2.45) is 5.10 Å². The van der Waals surface area contributed by atoms with Crippen molar-refractivity contribution in [2.75, 3.05) is 11.9 Å². The number of anilines is 1. The summed E-state index contributed by atoms with van der Waals surface area (Å²) in [6.45, 7) is 4.36. The molecular formula is C24H25N3O3. The summed E-state index contributed by atoms with van der Waals surface area (Å²) >= 11 is 0. The Morgan fingerprint density at radius 3 is 2.50 bits per heavy atom. The minimum atomic E-state index is -0.329. The molecule has 0 aliphatic rings. The van der Waals surface area contributed by atoms with E-state index >= 15 is 0 Å². The number of carbonyl (C=O) groups excluding carboxylic acids is 2. The van der Waals surface area contributed by atoms with Gasteiger partial charge in [-0.15, -0.1) is 0 Å². The summed E-state index contributed by atoms with van der Waals surface area (Å²) in [5, 5.41) is 8.93. The van der Waals surface area contributed by atoms with Gasteiger partial charge < -0.3 is 10.1 Å². The van der Waals surface area contributed by atoms with E-state index in [1.54, 1.807) is 6.21 Å². The molecule has 154 valence electrons. The molecule has 0 unspecified atom stereocenters. The summed E-state index contributed by atoms with van der Waals surface area (Å²) in [6, 6.07) is 19.3. The molecule has 0 aliphatic heterocycles. The number of nitrogens with zero attached hydrogens (tertiary/aromatic N) is 1. The van der Waals surface area contributed by atoms with Crippen molar-refractivity contribution >= 4 is 34.5 Å². The predicted molar refractivity (Wildman–Crippen MR) is 120 cm³/mol. The topological polar surface area (TPSA) is 79.8 Å². The molecule has 0 atom stereocenters. The Labute approximate surface area is 175 Å². The maximum atomic E-state index is 12.1. The van der Waals surface area contributed by atoms with Crippen LogP contribution in [-0.4, -0.2) is 24.6 Å². The van der Waals surface area contributed by atoms with E-state index in [1.807, 2.05) is 74.5 Å². The van der Waals surface area contributed by atoms with Gasteiger partial charge in [0.05, 0.1) is 12.8 Å². The predicted octanol–water partition coefficient (Wildman–Crippen LogP) is 4.42. The van der Waals surface area contributed by atoms with E-state index in [9.17, 15) is 9.59 Å². The molecule has 6 heteroatoms. The van der Waals surface area contributed by atoms with Crippen LogP contribution >= 0.6 is 0 Å². The van der Waals surface area contributed by atoms with Crippen LogP contribution in [0.4, 0.5) is 5.69 Å². The van der Waals surface area contributed by atoms with E-state index in [0.717, 1.165) is 27.6 Å². The second kappa shape index (κ2) is 10.2. The summed E-state index contributed by atoms with van der Waals surface area (Å²) in [4.78, 5) is 24.2. The van der Waals surface area contributed by atoms with Crippen molar-refractivity contribution in [3.05, 3.63) is 71.8 Å². The lowest BCUT2D eigenvalue weighted by Gasteiger charge is -2.10. The van der Waals surface area contributed by atoms with E-state index in [0.29, 0.717) is 12.4 Å². The zero-order chi connectivity index (χ0) is 21.3. The number of hydrazone groups is 1. The average molecular weight is 403 g/mol. The van der Waals surface area contributed by atoms with Gasteiger partial charge in [-0.3, -0.25) is 9.59 Å². The van der Waals surface area contributed by atoms with E-state index in [1.165, 1.54) is 0 Å². The zero-order valence-electron chi connectivity index (χ0n) is 17.1. The molecule has 6 nitrogen and oxygen atoms in total. The Kier molecular flexibility index (Phi) is 7.16. The summed E-state index contributed by atoms with van der Waals surface area (Å²) < 4.78 is 5.69. The molecule has 0 aromatic heterocycles. The van der Waals surface area contributed by atoms with Gasteiger partial charge in [0.25, 0.3) is 0 Å². The normalized spacial score (nSPS) is 10.9. The van der Waals surface area contributed by atoms with E-state index < -0.39 is 0 Å². The summed E-state index contributed by atoms with van der Waals surface area (Å²) in [5.74, 6) is 0.160. The lowest BCUT2D eigenvalue weighted by Crippen LogP contribution is -2.21. The third-order valence-corrected chi connectivity index (χ3v) is 4.61. The number of ether oxygens (including phenoxy) is 1. The maximum Gasteiger partial charge on any atom is 0.240 e. The van der Waals surface area contributed by atoms with Gasteiger partial charge in [0, 0.05) is 24.1 Å². The van der Waals surface area contributed by atoms with Crippen molar-refractivity contribution in [1.82, 2.24) is 5.43 Å². The lowest BCUT2D eigenvalue weighted by atomic mass is 10.0. The fourth-order valence-corrected chi connectivity index (χ4v) is 3.07. The number of para-hydroxylation sites is 1. The molecule has 0 spiro atoms. The first-order valence-corrected chi connectivity index (χ1v) is 9.90. The van der Waals surface area contributed by atoms with Gasteiger partial charge in [-0.2, -0.15) is 5.10 Å². The summed E-state index contributed by atoms with van der Waals surface area (Å²) in [7, 11) is 0. The Balaban J connectivity index is 1.59. The third kappa shape index (κ3) is 5.44. The fourth-order valence-electron chi connectivity index (χ4n) is 3.07. The van der Waals surface area contributed by atoms with Crippen LogP contribution in [0, 0.1) is 6.92 Å². The molecule has 0 fully saturated rings. The van der Waals surface area contributed by atoms with Crippen molar-refractivity contribution in [1.29, 1.82) is 0 Å². The van der Waals surface area contributed by atoms with Gasteiger partial charge in [-0.05, 0) is 42.3 Å². The number of rotatable bonds is 8. The molecule has 2 amide bonds. The number of carbonyl (C=O) groups is 2. The summed E-state index contributed by atoms with van der Waals surface area (Å²) in [6.07, 6.45) is 1.70. The maximum absolute atomic E-state index is 12.1. The van der Waals surface area contributed by atoms with Crippen LogP contribution in [0.2, 0.25) is 0 Å². The lowest BCUT2D eigenvalue weighted by molar-refractivity contribution is -0.124. The Bertz CT molecular complexity index is 1080. The number of hydrogen-bond acceptors (Lipinski definition) is 4. The van der Waals surface area contributed by atoms with Crippen LogP contribution in [0.15, 0.2) is 65.8 Å². The highest BCUT2D eigenvalue weighted by atomic mass is 16.5. The van der Waals surface area contributed by atoms with Gasteiger partial charge in [0.2, 0.25) is 11.8 Å². The quantitative estimate of drug-likeness (QED) is 0.432. The molecule has 3 aromatic carbocycles. The number of amides is 2. The van der Waals surface area contributed by atoms with Crippen LogP contribution in [0.25, 0.3) is 10.8 Å². The SMILES string of the molecule is CCOc1ccc2ccccc2c1C=NNC(=O)CCC(=O)Nc1ccccc1C. The molecule has 0 saturated carbocycles. The average Bonchev–Trinajstić information content (AvgIpc) is 2.75. The van der Waals surface area contributed by atoms with Crippen molar-refractivity contribution in [3.8, 4) is 5.75 Å². The van der Waals surface area contributed by atoms with Gasteiger partial charge in [-0.1, -0.05) is 48.5 Å². The Hall–Kier alpha value is -3.67. The highest BCUT2D eigenvalue weighted by molar-refractivity contribution is 6.02. The molecule has 0 heterocycles. The van der Waals surface area contributed by atoms with Crippen LogP contribution in [0.5, 0.6) is 5.75 Å². The molecule has 30 heavy (non-hydrogen) atoms. The molecule has 0 aliphatic carbocycles. The van der Waals surface area contributed by atoms with Crippen LogP contribution < -0.4 is 15.5 Å². The Morgan fingerprint density at radius 2 is 1.70 bits per heavy atom. The second-order valence-corrected chi connectivity index (χ2v) is 6.79. The monoisotopic (exact) mass is 403 g/mol. The van der Waals surface area contributed by atoms with Crippen LogP contribution in [-0.2, 0) is 9.59 Å². The van der Waals surface area contributed by atoms with Gasteiger partial charge >= 0.3 is 0 Å². The van der Waals surface area contributed by atoms with Gasteiger partial charge in [0.15, 0.2) is 0 Å². The van der Waals surface area contributed by atoms with Gasteiger partial charge in [0.1, 0.15) is 5.75 Å². The first-order valence-electron chi connectivity index (χ1n) is 9.90. The first kappa shape index (κ1) is 21.0. The molecule has 2 N–H and O–H groups in total. The highest BCUT2D eigenvalue weighted by Gasteiger charge is 2.09. The number of nitrogens with one attached hydrogen (secondary N) is 2. The largest absolute Gasteiger partial charge is 0.493 e. The van der Waals surface area contributed by atoms with Crippen molar-refractivity contribution < 1.29 is 14.3 Å². The van der Waals surface area contributed by atoms with E-state index in [-0.39, 0.29) is 24.7 Å². The standard InChI is InChI=1S/C24H25N3O3/c1-3-30-22-13-12-18-9-5-6-10-19(18)20(22)16-25-27-24(29)15-14-23(28)26-21-11-7-4-8-17(21)2/h4-13,16H,3,14-15H2,1-2H3,(H,26,28)(H,27,29). The third-order valence-electron chi connectivity index (χ3n) is 4.61. The fraction of sp³-hybridized carbons (Fsp3) is 0.208. The molecular weight excluding hydrogens is 378 g/mol. The van der Waals surface area contributed by atoms with Crippen molar-refractivity contribution in [3.63, 3.8) is 0 Å². The molecule has 3 rings (SSSR count). The Morgan fingerprint density at radius 1 is 0.967 bits per heavy atom. The summed E-state index contributed by atoms with van der Waals surface area (Å²) in [5.41, 5.74) is 5.01. The zero-order valence-corrected chi connectivity index (χ0v) is 17.1. The first-order chi connectivity index (χ1) is 14.6. The minimum Gasteiger partial charge on any atom is -0.493 e. The molecule has 3 aromatic rings. The van der Waals surface area contributed by atoms with Gasteiger partial charge in [-0.25, -0.2) is 5.43 Å². The number of benzene rings is 3. The number of fused-ring (bicyclic) bond motifs is 1. The number of hydrogen-bond donors (Lipinski definition) is 2. The van der Waals surface area contributed by atoms with E-state index in [4.69, 9.17) is 4.74 Å². The number of aryl methyl sites for hydroxylation is 1. The van der Waals surface area contributed by atoms with Crippen LogP contribution in [0.3, 0.4) is 0 Å². The smallest absolute Gasteiger partial charge is 0.240 e. The molecule has 0 radical (unpaired) electrons. The molecule has 0 saturated heterocycles. The highest BCUT2D eigenvalue weighted by Crippen LogP contribution is 2.26.